The highest BCUT2D eigenvalue weighted by Crippen LogP contribution is 2.38. The Kier molecular flexibility index (Phi) is 7.85. The minimum atomic E-state index is -3.41. The van der Waals surface area contributed by atoms with Gasteiger partial charge >= 0.3 is 0 Å². The van der Waals surface area contributed by atoms with E-state index >= 15 is 0 Å². The zero-order valence-electron chi connectivity index (χ0n) is 21.2. The number of thiazole rings is 1. The van der Waals surface area contributed by atoms with Gasteiger partial charge < -0.3 is 14.2 Å². The van der Waals surface area contributed by atoms with Crippen molar-refractivity contribution in [1.82, 2.24) is 4.98 Å². The molecule has 0 saturated heterocycles. The number of likely N-dealkylation sites (N-methyl/N-ethyl adjacent to an activating group) is 1. The molecule has 196 valence electrons. The van der Waals surface area contributed by atoms with Crippen LogP contribution in [-0.4, -0.2) is 46.3 Å². The number of nitriles is 1. The third kappa shape index (κ3) is 5.41. The van der Waals surface area contributed by atoms with Crippen LogP contribution in [0.1, 0.15) is 24.2 Å². The summed E-state index contributed by atoms with van der Waals surface area (Å²) in [5.41, 5.74) is 1.55. The summed E-state index contributed by atoms with van der Waals surface area (Å²) in [6.07, 6.45) is -1.11. The first-order chi connectivity index (χ1) is 18.2. The van der Waals surface area contributed by atoms with Crippen LogP contribution in [0.25, 0.3) is 10.2 Å². The molecule has 38 heavy (non-hydrogen) atoms. The number of amides is 1. The summed E-state index contributed by atoms with van der Waals surface area (Å²) in [7, 11) is 1.27. The quantitative estimate of drug-likeness (QED) is 0.292. The predicted molar refractivity (Wildman–Crippen MR) is 145 cm³/mol. The normalized spacial score (nSPS) is 12.0. The lowest BCUT2D eigenvalue weighted by Crippen LogP contribution is -2.34. The van der Waals surface area contributed by atoms with Crippen LogP contribution in [0.5, 0.6) is 17.2 Å². The Balaban J connectivity index is 1.71. The van der Waals surface area contributed by atoms with Gasteiger partial charge in [-0.3, -0.25) is 9.69 Å². The minimum absolute atomic E-state index is 0.0354. The number of nitrogens with zero attached hydrogens (tertiary/aromatic N) is 3. The molecule has 4 aromatic rings. The zero-order chi connectivity index (χ0) is 27.4. The lowest BCUT2D eigenvalue weighted by molar-refractivity contribution is -0.125. The molecule has 0 aliphatic carbocycles. The van der Waals surface area contributed by atoms with Crippen molar-refractivity contribution >= 4 is 42.4 Å². The first kappa shape index (κ1) is 26.9. The van der Waals surface area contributed by atoms with Gasteiger partial charge in [0.1, 0.15) is 5.75 Å². The van der Waals surface area contributed by atoms with Gasteiger partial charge in [-0.15, -0.1) is 0 Å². The van der Waals surface area contributed by atoms with Gasteiger partial charge in [0.25, 0.3) is 5.91 Å². The second-order valence-corrected chi connectivity index (χ2v) is 11.5. The van der Waals surface area contributed by atoms with Crippen molar-refractivity contribution in [2.24, 2.45) is 0 Å². The molecule has 9 nitrogen and oxygen atoms in total. The molecule has 0 aliphatic heterocycles. The summed E-state index contributed by atoms with van der Waals surface area (Å²) in [6, 6.07) is 18.0. The van der Waals surface area contributed by atoms with Crippen LogP contribution in [0.3, 0.4) is 0 Å². The number of hydrogen-bond acceptors (Lipinski definition) is 9. The summed E-state index contributed by atoms with van der Waals surface area (Å²) in [5.74, 6) is 0.994. The standard InChI is InChI=1S/C27H25N3O6S2/c1-5-38(32,33)20-12-8-18(9-13-20)25(36-19-10-6-17(16-28)7-11-19)26(31)30(2)27-29-21-14-22(34-3)23(35-4)15-24(21)37-27/h6-15,25H,5H2,1-4H3. The third-order valence-electron chi connectivity index (χ3n) is 5.88. The highest BCUT2D eigenvalue weighted by Gasteiger charge is 2.29. The molecule has 3 aromatic carbocycles. The number of hydrogen-bond donors (Lipinski definition) is 0. The van der Waals surface area contributed by atoms with E-state index in [1.807, 2.05) is 6.07 Å². The van der Waals surface area contributed by atoms with Gasteiger partial charge in [-0.05, 0) is 36.4 Å². The van der Waals surface area contributed by atoms with E-state index in [0.29, 0.717) is 39.0 Å². The van der Waals surface area contributed by atoms with E-state index < -0.39 is 21.8 Å². The Labute approximate surface area is 224 Å². The lowest BCUT2D eigenvalue weighted by Gasteiger charge is -2.23. The fraction of sp³-hybridized carbons (Fsp3) is 0.222. The van der Waals surface area contributed by atoms with E-state index in [0.717, 1.165) is 4.70 Å². The van der Waals surface area contributed by atoms with E-state index in [4.69, 9.17) is 19.5 Å². The van der Waals surface area contributed by atoms with E-state index in [9.17, 15) is 13.2 Å². The molecule has 0 bridgehead atoms. The first-order valence-corrected chi connectivity index (χ1v) is 14.0. The molecule has 0 spiro atoms. The Morgan fingerprint density at radius 1 is 1.05 bits per heavy atom. The highest BCUT2D eigenvalue weighted by molar-refractivity contribution is 7.91. The highest BCUT2D eigenvalue weighted by atomic mass is 32.2. The third-order valence-corrected chi connectivity index (χ3v) is 8.73. The fourth-order valence-corrected chi connectivity index (χ4v) is 5.51. The molecule has 0 radical (unpaired) electrons. The van der Waals surface area contributed by atoms with Crippen molar-refractivity contribution in [3.05, 3.63) is 71.8 Å². The molecule has 1 aromatic heterocycles. The Bertz CT molecular complexity index is 1570. The van der Waals surface area contributed by atoms with Crippen LogP contribution in [0.2, 0.25) is 0 Å². The Morgan fingerprint density at radius 2 is 1.68 bits per heavy atom. The molecular formula is C27H25N3O6S2. The number of ether oxygens (including phenoxy) is 3. The number of aromatic nitrogens is 1. The van der Waals surface area contributed by atoms with Crippen LogP contribution < -0.4 is 19.1 Å². The molecule has 1 unspecified atom stereocenters. The van der Waals surface area contributed by atoms with Crippen LogP contribution in [0.15, 0.2) is 65.6 Å². The largest absolute Gasteiger partial charge is 0.493 e. The number of methoxy groups -OCH3 is 2. The maximum Gasteiger partial charge on any atom is 0.274 e. The van der Waals surface area contributed by atoms with Crippen LogP contribution in [0, 0.1) is 11.3 Å². The number of rotatable bonds is 9. The summed E-state index contributed by atoms with van der Waals surface area (Å²) in [4.78, 5) is 19.9. The minimum Gasteiger partial charge on any atom is -0.493 e. The van der Waals surface area contributed by atoms with Crippen molar-refractivity contribution in [3.8, 4) is 23.3 Å². The van der Waals surface area contributed by atoms with Crippen LogP contribution in [0.4, 0.5) is 5.13 Å². The molecule has 1 atom stereocenters. The van der Waals surface area contributed by atoms with Crippen LogP contribution >= 0.6 is 11.3 Å². The van der Waals surface area contributed by atoms with E-state index in [1.165, 1.54) is 35.5 Å². The number of sulfone groups is 1. The SMILES string of the molecule is CCS(=O)(=O)c1ccc(C(Oc2ccc(C#N)cc2)C(=O)N(C)c2nc3cc(OC)c(OC)cc3s2)cc1. The summed E-state index contributed by atoms with van der Waals surface area (Å²) in [6.45, 7) is 1.57. The van der Waals surface area contributed by atoms with Gasteiger partial charge in [0.15, 0.2) is 26.5 Å². The van der Waals surface area contributed by atoms with Crippen molar-refractivity contribution in [2.75, 3.05) is 31.9 Å². The van der Waals surface area contributed by atoms with Crippen molar-refractivity contribution in [1.29, 1.82) is 5.26 Å². The molecule has 0 N–H and O–H groups in total. The number of anilines is 1. The Hall–Kier alpha value is -4.14. The molecule has 0 saturated carbocycles. The number of carbonyl (C=O) groups excluding carboxylic acids is 1. The van der Waals surface area contributed by atoms with Gasteiger partial charge in [0.05, 0.1) is 46.7 Å². The van der Waals surface area contributed by atoms with Gasteiger partial charge in [0, 0.05) is 24.7 Å². The van der Waals surface area contributed by atoms with E-state index in [1.54, 1.807) is 69.6 Å². The molecule has 0 fully saturated rings. The first-order valence-electron chi connectivity index (χ1n) is 11.5. The number of fused-ring (bicyclic) bond motifs is 1. The molecule has 1 amide bonds. The average molecular weight is 552 g/mol. The van der Waals surface area contributed by atoms with Gasteiger partial charge in [-0.1, -0.05) is 30.4 Å². The summed E-state index contributed by atoms with van der Waals surface area (Å²) >= 11 is 1.30. The molecule has 1 heterocycles. The van der Waals surface area contributed by atoms with Gasteiger partial charge in [-0.2, -0.15) is 5.26 Å². The molecule has 11 heteroatoms. The van der Waals surface area contributed by atoms with E-state index in [2.05, 4.69) is 4.98 Å². The van der Waals surface area contributed by atoms with Crippen molar-refractivity contribution < 1.29 is 27.4 Å². The van der Waals surface area contributed by atoms with E-state index in [-0.39, 0.29) is 10.6 Å². The van der Waals surface area contributed by atoms with Gasteiger partial charge in [-0.25, -0.2) is 13.4 Å². The Morgan fingerprint density at radius 3 is 2.26 bits per heavy atom. The number of benzene rings is 3. The molecule has 0 aliphatic rings. The summed E-state index contributed by atoms with van der Waals surface area (Å²) < 4.78 is 42.2. The fourth-order valence-electron chi connectivity index (χ4n) is 3.68. The summed E-state index contributed by atoms with van der Waals surface area (Å²) in [5, 5.41) is 9.52. The van der Waals surface area contributed by atoms with Crippen LogP contribution in [-0.2, 0) is 14.6 Å². The molecule has 4 rings (SSSR count). The second kappa shape index (κ2) is 11.1. The maximum atomic E-state index is 13.8. The second-order valence-electron chi connectivity index (χ2n) is 8.18. The monoisotopic (exact) mass is 551 g/mol. The zero-order valence-corrected chi connectivity index (χ0v) is 22.8. The molecular weight excluding hydrogens is 526 g/mol. The maximum absolute atomic E-state index is 13.8. The lowest BCUT2D eigenvalue weighted by atomic mass is 10.1. The van der Waals surface area contributed by atoms with Gasteiger partial charge in [0.2, 0.25) is 6.10 Å². The van der Waals surface area contributed by atoms with Crippen molar-refractivity contribution in [3.63, 3.8) is 0 Å². The smallest absolute Gasteiger partial charge is 0.274 e. The number of carbonyl (C=O) groups is 1. The predicted octanol–water partition coefficient (Wildman–Crippen LogP) is 4.76. The topological polar surface area (TPSA) is 119 Å². The van der Waals surface area contributed by atoms with Crippen molar-refractivity contribution in [2.45, 2.75) is 17.9 Å². The average Bonchev–Trinajstić information content (AvgIpc) is 3.37.